The summed E-state index contributed by atoms with van der Waals surface area (Å²) >= 11 is 5.12. The van der Waals surface area contributed by atoms with Crippen molar-refractivity contribution in [3.8, 4) is 5.75 Å². The topological polar surface area (TPSA) is 12.5 Å². The van der Waals surface area contributed by atoms with Gasteiger partial charge in [0.1, 0.15) is 5.75 Å². The smallest absolute Gasteiger partial charge is 0.264 e. The number of hydrogen-bond acceptors (Lipinski definition) is 2. The van der Waals surface area contributed by atoms with Crippen molar-refractivity contribution in [2.45, 2.75) is 20.8 Å². The van der Waals surface area contributed by atoms with Crippen LogP contribution in [0.1, 0.15) is 16.7 Å². The number of nitrogens with zero attached hydrogens (tertiary/aromatic N) is 1. The summed E-state index contributed by atoms with van der Waals surface area (Å²) in [6.07, 6.45) is 0. The molecule has 0 heterocycles. The Morgan fingerprint density at radius 2 is 1.60 bits per heavy atom. The Morgan fingerprint density at radius 3 is 2.00 bits per heavy atom. The standard InChI is InChI=1S/C12H17NOS/c1-8-6-9(2)11(10(3)7-8)14-12(15)13(4)5/h6-7H,1-5H3. The average Bonchev–Trinajstić information content (AvgIpc) is 2.10. The molecule has 0 amide bonds. The fourth-order valence-electron chi connectivity index (χ4n) is 1.51. The van der Waals surface area contributed by atoms with Gasteiger partial charge in [-0.15, -0.1) is 0 Å². The van der Waals surface area contributed by atoms with Crippen LogP contribution < -0.4 is 4.74 Å². The van der Waals surface area contributed by atoms with Gasteiger partial charge in [-0.25, -0.2) is 0 Å². The Balaban J connectivity index is 3.00. The lowest BCUT2D eigenvalue weighted by molar-refractivity contribution is 0.445. The number of benzene rings is 1. The van der Waals surface area contributed by atoms with E-state index in [1.165, 1.54) is 5.56 Å². The zero-order valence-electron chi connectivity index (χ0n) is 9.92. The van der Waals surface area contributed by atoms with Crippen LogP contribution in [0.4, 0.5) is 0 Å². The molecule has 0 atom stereocenters. The maximum Gasteiger partial charge on any atom is 0.264 e. The maximum absolute atomic E-state index is 5.65. The third kappa shape index (κ3) is 2.93. The predicted octanol–water partition coefficient (Wildman–Crippen LogP) is 2.84. The first-order chi connectivity index (χ1) is 6.91. The summed E-state index contributed by atoms with van der Waals surface area (Å²) in [5.41, 5.74) is 3.49. The zero-order chi connectivity index (χ0) is 11.6. The third-order valence-electron chi connectivity index (χ3n) is 2.16. The van der Waals surface area contributed by atoms with Crippen molar-refractivity contribution in [3.63, 3.8) is 0 Å². The van der Waals surface area contributed by atoms with Crippen LogP contribution >= 0.6 is 12.2 Å². The highest BCUT2D eigenvalue weighted by Crippen LogP contribution is 2.24. The molecule has 15 heavy (non-hydrogen) atoms. The summed E-state index contributed by atoms with van der Waals surface area (Å²) in [6, 6.07) is 4.20. The van der Waals surface area contributed by atoms with E-state index in [1.807, 2.05) is 27.9 Å². The summed E-state index contributed by atoms with van der Waals surface area (Å²) in [7, 11) is 3.75. The second-order valence-corrected chi connectivity index (χ2v) is 4.34. The molecule has 1 rings (SSSR count). The van der Waals surface area contributed by atoms with Crippen LogP contribution in [0, 0.1) is 20.8 Å². The summed E-state index contributed by atoms with van der Waals surface area (Å²) in [6.45, 7) is 6.15. The van der Waals surface area contributed by atoms with Gasteiger partial charge in [-0.3, -0.25) is 0 Å². The first-order valence-electron chi connectivity index (χ1n) is 4.89. The van der Waals surface area contributed by atoms with Crippen LogP contribution in [-0.2, 0) is 0 Å². The van der Waals surface area contributed by atoms with Gasteiger partial charge >= 0.3 is 0 Å². The van der Waals surface area contributed by atoms with Gasteiger partial charge in [0.25, 0.3) is 5.17 Å². The highest BCUT2D eigenvalue weighted by Gasteiger charge is 2.08. The van der Waals surface area contributed by atoms with Crippen LogP contribution in [0.15, 0.2) is 12.1 Å². The molecule has 0 bridgehead atoms. The van der Waals surface area contributed by atoms with Crippen LogP contribution in [-0.4, -0.2) is 24.2 Å². The number of hydrogen-bond donors (Lipinski definition) is 0. The highest BCUT2D eigenvalue weighted by molar-refractivity contribution is 7.80. The minimum absolute atomic E-state index is 0.491. The van der Waals surface area contributed by atoms with Crippen molar-refractivity contribution in [1.29, 1.82) is 0 Å². The van der Waals surface area contributed by atoms with Crippen LogP contribution in [0.2, 0.25) is 0 Å². The quantitative estimate of drug-likeness (QED) is 0.679. The first-order valence-corrected chi connectivity index (χ1v) is 5.29. The zero-order valence-corrected chi connectivity index (χ0v) is 10.7. The Morgan fingerprint density at radius 1 is 1.13 bits per heavy atom. The second-order valence-electron chi connectivity index (χ2n) is 3.99. The fourth-order valence-corrected chi connectivity index (χ4v) is 1.59. The van der Waals surface area contributed by atoms with E-state index in [4.69, 9.17) is 17.0 Å². The predicted molar refractivity (Wildman–Crippen MR) is 67.6 cm³/mol. The van der Waals surface area contributed by atoms with Gasteiger partial charge in [-0.2, -0.15) is 0 Å². The van der Waals surface area contributed by atoms with Crippen LogP contribution in [0.5, 0.6) is 5.75 Å². The SMILES string of the molecule is Cc1cc(C)c(OC(=S)N(C)C)c(C)c1. The largest absolute Gasteiger partial charge is 0.431 e. The maximum atomic E-state index is 5.65. The van der Waals surface area contributed by atoms with E-state index >= 15 is 0 Å². The number of ether oxygens (including phenoxy) is 1. The number of aryl methyl sites for hydroxylation is 3. The van der Waals surface area contributed by atoms with Gasteiger partial charge in [0.05, 0.1) is 0 Å². The molecule has 0 unspecified atom stereocenters. The molecule has 0 saturated carbocycles. The molecule has 82 valence electrons. The summed E-state index contributed by atoms with van der Waals surface area (Å²) in [5, 5.41) is 0.491. The molecule has 1 aromatic carbocycles. The van der Waals surface area contributed by atoms with E-state index in [0.717, 1.165) is 16.9 Å². The summed E-state index contributed by atoms with van der Waals surface area (Å²) in [4.78, 5) is 1.79. The van der Waals surface area contributed by atoms with Crippen molar-refractivity contribution in [3.05, 3.63) is 28.8 Å². The van der Waals surface area contributed by atoms with E-state index in [-0.39, 0.29) is 0 Å². The lowest BCUT2D eigenvalue weighted by Crippen LogP contribution is -2.25. The van der Waals surface area contributed by atoms with Crippen molar-refractivity contribution in [1.82, 2.24) is 4.90 Å². The second kappa shape index (κ2) is 4.62. The molecule has 0 aliphatic heterocycles. The molecule has 0 aliphatic carbocycles. The molecule has 0 fully saturated rings. The Hall–Kier alpha value is -1.09. The molecular weight excluding hydrogens is 206 g/mol. The molecule has 0 radical (unpaired) electrons. The van der Waals surface area contributed by atoms with E-state index in [1.54, 1.807) is 4.90 Å². The van der Waals surface area contributed by atoms with Gasteiger partial charge < -0.3 is 9.64 Å². The van der Waals surface area contributed by atoms with Crippen LogP contribution in [0.25, 0.3) is 0 Å². The van der Waals surface area contributed by atoms with E-state index in [0.29, 0.717) is 5.17 Å². The molecular formula is C12H17NOS. The summed E-state index contributed by atoms with van der Waals surface area (Å²) < 4.78 is 5.65. The number of thiocarbonyl (C=S) groups is 1. The number of rotatable bonds is 1. The first kappa shape index (κ1) is 12.0. The lowest BCUT2D eigenvalue weighted by Gasteiger charge is -2.17. The molecule has 0 N–H and O–H groups in total. The molecule has 0 aliphatic rings. The van der Waals surface area contributed by atoms with Gasteiger partial charge in [-0.05, 0) is 44.1 Å². The van der Waals surface area contributed by atoms with E-state index in [9.17, 15) is 0 Å². The fraction of sp³-hybridized carbons (Fsp3) is 0.417. The van der Waals surface area contributed by atoms with Crippen molar-refractivity contribution in [2.24, 2.45) is 0 Å². The minimum Gasteiger partial charge on any atom is -0.431 e. The molecule has 2 nitrogen and oxygen atoms in total. The Labute approximate surface area is 96.9 Å². The van der Waals surface area contributed by atoms with E-state index < -0.39 is 0 Å². The molecule has 3 heteroatoms. The van der Waals surface area contributed by atoms with Crippen molar-refractivity contribution >= 4 is 17.4 Å². The Bertz CT molecular complexity index is 362. The normalized spacial score (nSPS) is 9.93. The van der Waals surface area contributed by atoms with Gasteiger partial charge in [0.15, 0.2) is 0 Å². The molecule has 0 saturated heterocycles. The van der Waals surface area contributed by atoms with Crippen molar-refractivity contribution < 1.29 is 4.74 Å². The lowest BCUT2D eigenvalue weighted by atomic mass is 10.1. The molecule has 1 aromatic rings. The van der Waals surface area contributed by atoms with Crippen LogP contribution in [0.3, 0.4) is 0 Å². The summed E-state index contributed by atoms with van der Waals surface area (Å²) in [5.74, 6) is 0.874. The van der Waals surface area contributed by atoms with Gasteiger partial charge in [0, 0.05) is 14.1 Å². The third-order valence-corrected chi connectivity index (χ3v) is 2.61. The molecule has 0 aromatic heterocycles. The van der Waals surface area contributed by atoms with E-state index in [2.05, 4.69) is 19.1 Å². The average molecular weight is 223 g/mol. The van der Waals surface area contributed by atoms with Crippen molar-refractivity contribution in [2.75, 3.05) is 14.1 Å². The molecule has 0 spiro atoms. The van der Waals surface area contributed by atoms with Gasteiger partial charge in [0.2, 0.25) is 0 Å². The van der Waals surface area contributed by atoms with Gasteiger partial charge in [-0.1, -0.05) is 17.7 Å². The minimum atomic E-state index is 0.491. The highest BCUT2D eigenvalue weighted by atomic mass is 32.1. The monoisotopic (exact) mass is 223 g/mol. The Kier molecular flexibility index (Phi) is 3.69.